The molecule has 1 amide bonds. The number of carbonyl (C=O) groups is 2. The van der Waals surface area contributed by atoms with Gasteiger partial charge in [-0.3, -0.25) is 9.59 Å². The number of carboxylic acid groups (broad SMARTS) is 1. The number of nitrogens with zero attached hydrogens (tertiary/aromatic N) is 1. The number of hydrogen-bond donors (Lipinski definition) is 1. The molecule has 1 aromatic rings. The molecular formula is C15H20ClNO4. The Labute approximate surface area is 129 Å². The van der Waals surface area contributed by atoms with E-state index < -0.39 is 5.97 Å². The zero-order chi connectivity index (χ0) is 16.0. The number of methoxy groups -OCH3 is 1. The fourth-order valence-corrected chi connectivity index (χ4v) is 2.17. The Morgan fingerprint density at radius 2 is 2.05 bits per heavy atom. The third kappa shape index (κ3) is 4.93. The molecule has 0 saturated heterocycles. The van der Waals surface area contributed by atoms with Crippen LogP contribution in [0.15, 0.2) is 18.2 Å². The molecule has 0 aromatic heterocycles. The second-order valence-electron chi connectivity index (χ2n) is 4.93. The first kappa shape index (κ1) is 17.3. The Morgan fingerprint density at radius 1 is 1.38 bits per heavy atom. The van der Waals surface area contributed by atoms with Gasteiger partial charge in [-0.05, 0) is 38.5 Å². The van der Waals surface area contributed by atoms with Crippen molar-refractivity contribution in [2.75, 3.05) is 13.7 Å². The van der Waals surface area contributed by atoms with E-state index in [1.54, 1.807) is 23.1 Å². The van der Waals surface area contributed by atoms with Crippen LogP contribution < -0.4 is 4.74 Å². The molecule has 1 rings (SSSR count). The third-order valence-corrected chi connectivity index (χ3v) is 3.30. The van der Waals surface area contributed by atoms with Gasteiger partial charge in [0.1, 0.15) is 5.75 Å². The van der Waals surface area contributed by atoms with Gasteiger partial charge in [0.2, 0.25) is 0 Å². The molecule has 0 aliphatic carbocycles. The summed E-state index contributed by atoms with van der Waals surface area (Å²) < 4.78 is 5.19. The van der Waals surface area contributed by atoms with Crippen LogP contribution in [-0.4, -0.2) is 41.6 Å². The molecule has 1 aromatic carbocycles. The van der Waals surface area contributed by atoms with Crippen LogP contribution in [0.1, 0.15) is 37.0 Å². The van der Waals surface area contributed by atoms with Gasteiger partial charge in [0.15, 0.2) is 0 Å². The number of benzene rings is 1. The molecule has 0 aliphatic rings. The van der Waals surface area contributed by atoms with Crippen LogP contribution in [0.5, 0.6) is 5.75 Å². The van der Waals surface area contributed by atoms with Crippen LogP contribution in [0, 0.1) is 0 Å². The number of aliphatic carboxylic acids is 1. The molecule has 0 unspecified atom stereocenters. The minimum atomic E-state index is -0.869. The van der Waals surface area contributed by atoms with E-state index in [0.717, 1.165) is 0 Å². The first-order valence-corrected chi connectivity index (χ1v) is 7.11. The van der Waals surface area contributed by atoms with Gasteiger partial charge in [-0.2, -0.15) is 0 Å². The van der Waals surface area contributed by atoms with Gasteiger partial charge in [-0.1, -0.05) is 11.6 Å². The lowest BCUT2D eigenvalue weighted by Gasteiger charge is -2.27. The molecule has 5 nitrogen and oxygen atoms in total. The van der Waals surface area contributed by atoms with Crippen LogP contribution in [0.2, 0.25) is 5.02 Å². The highest BCUT2D eigenvalue weighted by atomic mass is 35.5. The van der Waals surface area contributed by atoms with Gasteiger partial charge in [0.05, 0.1) is 12.7 Å². The summed E-state index contributed by atoms with van der Waals surface area (Å²) in [6.45, 7) is 4.14. The highest BCUT2D eigenvalue weighted by Crippen LogP contribution is 2.25. The summed E-state index contributed by atoms with van der Waals surface area (Å²) in [7, 11) is 1.49. The molecule has 6 heteroatoms. The summed E-state index contributed by atoms with van der Waals surface area (Å²) in [5.41, 5.74) is 0.383. The van der Waals surface area contributed by atoms with Crippen molar-refractivity contribution in [3.63, 3.8) is 0 Å². The minimum Gasteiger partial charge on any atom is -0.496 e. The third-order valence-electron chi connectivity index (χ3n) is 3.07. The Morgan fingerprint density at radius 3 is 2.57 bits per heavy atom. The van der Waals surface area contributed by atoms with Gasteiger partial charge >= 0.3 is 5.97 Å². The second kappa shape index (κ2) is 7.88. The number of hydrogen-bond acceptors (Lipinski definition) is 3. The maximum absolute atomic E-state index is 12.6. The molecule has 0 atom stereocenters. The average Bonchev–Trinajstić information content (AvgIpc) is 2.42. The summed E-state index contributed by atoms with van der Waals surface area (Å²) in [5.74, 6) is -0.630. The summed E-state index contributed by atoms with van der Waals surface area (Å²) in [6, 6.07) is 4.82. The molecule has 21 heavy (non-hydrogen) atoms. The topological polar surface area (TPSA) is 66.8 Å². The number of carboxylic acids is 1. The molecule has 0 spiro atoms. The van der Waals surface area contributed by atoms with E-state index >= 15 is 0 Å². The molecule has 0 bridgehead atoms. The zero-order valence-electron chi connectivity index (χ0n) is 12.4. The molecule has 1 N–H and O–H groups in total. The van der Waals surface area contributed by atoms with Crippen LogP contribution in [0.25, 0.3) is 0 Å². The van der Waals surface area contributed by atoms with Gasteiger partial charge in [-0.15, -0.1) is 0 Å². The maximum atomic E-state index is 12.6. The normalized spacial score (nSPS) is 10.5. The summed E-state index contributed by atoms with van der Waals surface area (Å²) in [6.07, 6.45) is 0.436. The van der Waals surface area contributed by atoms with Crippen molar-refractivity contribution in [3.8, 4) is 5.75 Å². The van der Waals surface area contributed by atoms with Crippen LogP contribution in [0.4, 0.5) is 0 Å². The van der Waals surface area contributed by atoms with Gasteiger partial charge in [0, 0.05) is 24.0 Å². The highest BCUT2D eigenvalue weighted by molar-refractivity contribution is 6.31. The summed E-state index contributed by atoms with van der Waals surface area (Å²) >= 11 is 5.94. The smallest absolute Gasteiger partial charge is 0.303 e. The van der Waals surface area contributed by atoms with Crippen molar-refractivity contribution in [1.82, 2.24) is 4.90 Å². The first-order valence-electron chi connectivity index (χ1n) is 6.73. The molecule has 0 saturated carbocycles. The Bertz CT molecular complexity index is 516. The van der Waals surface area contributed by atoms with E-state index in [-0.39, 0.29) is 18.4 Å². The summed E-state index contributed by atoms with van der Waals surface area (Å²) in [4.78, 5) is 24.9. The minimum absolute atomic E-state index is 0.0309. The van der Waals surface area contributed by atoms with E-state index in [9.17, 15) is 9.59 Å². The molecule has 116 valence electrons. The van der Waals surface area contributed by atoms with Gasteiger partial charge < -0.3 is 14.7 Å². The molecule has 0 aliphatic heterocycles. The summed E-state index contributed by atoms with van der Waals surface area (Å²) in [5, 5.41) is 9.15. The number of halogens is 1. The van der Waals surface area contributed by atoms with Crippen molar-refractivity contribution >= 4 is 23.5 Å². The van der Waals surface area contributed by atoms with E-state index in [1.165, 1.54) is 7.11 Å². The quantitative estimate of drug-likeness (QED) is 0.840. The Hall–Kier alpha value is -1.75. The van der Waals surface area contributed by atoms with Gasteiger partial charge in [-0.25, -0.2) is 0 Å². The van der Waals surface area contributed by atoms with Crippen molar-refractivity contribution in [1.29, 1.82) is 0 Å². The predicted molar refractivity (Wildman–Crippen MR) is 81.0 cm³/mol. The van der Waals surface area contributed by atoms with Crippen LogP contribution in [-0.2, 0) is 4.79 Å². The van der Waals surface area contributed by atoms with E-state index in [0.29, 0.717) is 29.3 Å². The number of carbonyl (C=O) groups excluding carboxylic acids is 1. The lowest BCUT2D eigenvalue weighted by molar-refractivity contribution is -0.137. The number of amides is 1. The van der Waals surface area contributed by atoms with Crippen LogP contribution >= 0.6 is 11.6 Å². The first-order chi connectivity index (χ1) is 9.86. The van der Waals surface area contributed by atoms with Crippen molar-refractivity contribution < 1.29 is 19.4 Å². The Kier molecular flexibility index (Phi) is 6.49. The fraction of sp³-hybridized carbons (Fsp3) is 0.467. The lowest BCUT2D eigenvalue weighted by Crippen LogP contribution is -2.38. The maximum Gasteiger partial charge on any atom is 0.303 e. The number of ether oxygens (including phenoxy) is 1. The molecule has 0 radical (unpaired) electrons. The lowest BCUT2D eigenvalue weighted by atomic mass is 10.1. The molecule has 0 heterocycles. The molecular weight excluding hydrogens is 294 g/mol. The standard InChI is InChI=1S/C15H20ClNO4/c1-10(2)17(8-4-5-14(18)19)15(20)12-9-11(16)6-7-13(12)21-3/h6-7,9-10H,4-5,8H2,1-3H3,(H,18,19). The monoisotopic (exact) mass is 313 g/mol. The molecule has 0 fully saturated rings. The SMILES string of the molecule is COc1ccc(Cl)cc1C(=O)N(CCCC(=O)O)C(C)C. The predicted octanol–water partition coefficient (Wildman–Crippen LogP) is 3.06. The van der Waals surface area contributed by atoms with Gasteiger partial charge in [0.25, 0.3) is 5.91 Å². The van der Waals surface area contributed by atoms with Crippen molar-refractivity contribution in [2.45, 2.75) is 32.7 Å². The fourth-order valence-electron chi connectivity index (χ4n) is 2.00. The van der Waals surface area contributed by atoms with E-state index in [2.05, 4.69) is 0 Å². The van der Waals surface area contributed by atoms with E-state index in [4.69, 9.17) is 21.4 Å². The highest BCUT2D eigenvalue weighted by Gasteiger charge is 2.22. The Balaban J connectivity index is 2.95. The average molecular weight is 314 g/mol. The van der Waals surface area contributed by atoms with Crippen molar-refractivity contribution in [2.24, 2.45) is 0 Å². The number of rotatable bonds is 7. The second-order valence-corrected chi connectivity index (χ2v) is 5.37. The largest absolute Gasteiger partial charge is 0.496 e. The van der Waals surface area contributed by atoms with Crippen LogP contribution in [0.3, 0.4) is 0 Å². The zero-order valence-corrected chi connectivity index (χ0v) is 13.2. The van der Waals surface area contributed by atoms with E-state index in [1.807, 2.05) is 13.8 Å². The van der Waals surface area contributed by atoms with Crippen molar-refractivity contribution in [3.05, 3.63) is 28.8 Å².